The van der Waals surface area contributed by atoms with Gasteiger partial charge >= 0.3 is 0 Å². The van der Waals surface area contributed by atoms with Crippen LogP contribution < -0.4 is 4.72 Å². The van der Waals surface area contributed by atoms with Gasteiger partial charge in [0.05, 0.1) is 27.9 Å². The van der Waals surface area contributed by atoms with Crippen LogP contribution in [0.5, 0.6) is 0 Å². The average Bonchev–Trinajstić information content (AvgIpc) is 3.62. The Bertz CT molecular complexity index is 1490. The molecule has 1 aliphatic heterocycles. The third kappa shape index (κ3) is 6.40. The first kappa shape index (κ1) is 28.3. The number of hydrogen-bond donors (Lipinski definition) is 1. The molecule has 2 aliphatic rings. The first-order valence-corrected chi connectivity index (χ1v) is 15.8. The van der Waals surface area contributed by atoms with Crippen molar-refractivity contribution in [2.45, 2.75) is 89.1 Å². The van der Waals surface area contributed by atoms with Crippen molar-refractivity contribution in [3.63, 3.8) is 0 Å². The molecule has 0 unspecified atom stereocenters. The van der Waals surface area contributed by atoms with Crippen LogP contribution in [-0.2, 0) is 34.9 Å². The first-order valence-electron chi connectivity index (χ1n) is 14.3. The van der Waals surface area contributed by atoms with Crippen LogP contribution in [0, 0.1) is 11.7 Å². The van der Waals surface area contributed by atoms with Crippen LogP contribution in [0.15, 0.2) is 53.7 Å². The molecular weight excluding hydrogens is 527 g/mol. The molecule has 0 bridgehead atoms. The second kappa shape index (κ2) is 11.4. The molecule has 0 radical (unpaired) electrons. The zero-order valence-corrected chi connectivity index (χ0v) is 24.4. The lowest BCUT2D eigenvalue weighted by molar-refractivity contribution is 0.0734. The summed E-state index contributed by atoms with van der Waals surface area (Å²) < 4.78 is 45.3. The van der Waals surface area contributed by atoms with Crippen molar-refractivity contribution < 1.29 is 17.6 Å². The molecule has 9 heteroatoms. The number of sulfonamides is 1. The van der Waals surface area contributed by atoms with E-state index >= 15 is 0 Å². The van der Waals surface area contributed by atoms with E-state index in [1.165, 1.54) is 50.3 Å². The highest BCUT2D eigenvalue weighted by Crippen LogP contribution is 2.30. The number of carbonyl (C=O) groups excluding carboxylic acids is 1. The van der Waals surface area contributed by atoms with Crippen LogP contribution in [0.25, 0.3) is 0 Å². The Balaban J connectivity index is 1.22. The minimum Gasteiger partial charge on any atom is -0.334 e. The summed E-state index contributed by atoms with van der Waals surface area (Å²) in [6.07, 6.45) is 12.1. The molecule has 2 heterocycles. The summed E-state index contributed by atoms with van der Waals surface area (Å²) in [5.74, 6) is 0.135. The van der Waals surface area contributed by atoms with Crippen LogP contribution in [0.3, 0.4) is 0 Å². The maximum atomic E-state index is 14.9. The van der Waals surface area contributed by atoms with E-state index in [4.69, 9.17) is 0 Å². The number of benzene rings is 2. The molecule has 1 amide bonds. The number of aromatic nitrogens is 2. The molecule has 0 spiro atoms. The number of fused-ring (bicyclic) bond motifs is 1. The van der Waals surface area contributed by atoms with Crippen LogP contribution in [0.1, 0.15) is 86.3 Å². The van der Waals surface area contributed by atoms with Gasteiger partial charge in [-0.25, -0.2) is 12.8 Å². The lowest BCUT2D eigenvalue weighted by Crippen LogP contribution is -2.36. The Morgan fingerprint density at radius 1 is 1.10 bits per heavy atom. The lowest BCUT2D eigenvalue weighted by Gasteiger charge is -2.29. The van der Waals surface area contributed by atoms with Crippen molar-refractivity contribution in [1.29, 1.82) is 0 Å². The van der Waals surface area contributed by atoms with Gasteiger partial charge in [-0.05, 0) is 86.9 Å². The van der Waals surface area contributed by atoms with Gasteiger partial charge in [-0.3, -0.25) is 14.2 Å². The normalized spacial score (nSPS) is 16.2. The van der Waals surface area contributed by atoms with E-state index in [1.54, 1.807) is 40.2 Å². The fourth-order valence-electron chi connectivity index (χ4n) is 5.75. The number of rotatable bonds is 8. The minimum atomic E-state index is -3.98. The Morgan fingerprint density at radius 3 is 2.58 bits per heavy atom. The number of amides is 1. The summed E-state index contributed by atoms with van der Waals surface area (Å²) in [6.45, 7) is 6.93. The van der Waals surface area contributed by atoms with Gasteiger partial charge in [-0.1, -0.05) is 44.2 Å². The molecule has 5 rings (SSSR count). The van der Waals surface area contributed by atoms with Gasteiger partial charge in [0.15, 0.2) is 0 Å². The Kier molecular flexibility index (Phi) is 8.04. The highest BCUT2D eigenvalue weighted by molar-refractivity contribution is 7.92. The molecule has 40 heavy (non-hydrogen) atoms. The van der Waals surface area contributed by atoms with Crippen molar-refractivity contribution >= 4 is 21.6 Å². The fraction of sp³-hybridized carbons (Fsp3) is 0.484. The lowest BCUT2D eigenvalue weighted by atomic mass is 9.98. The second-order valence-corrected chi connectivity index (χ2v) is 13.9. The van der Waals surface area contributed by atoms with Gasteiger partial charge in [0.1, 0.15) is 5.82 Å². The molecule has 3 aromatic rings. The van der Waals surface area contributed by atoms with E-state index in [2.05, 4.69) is 9.82 Å². The molecule has 1 fully saturated rings. The summed E-state index contributed by atoms with van der Waals surface area (Å²) in [5, 5.41) is 4.33. The average molecular weight is 567 g/mol. The summed E-state index contributed by atoms with van der Waals surface area (Å²) in [5.41, 5.74) is 2.92. The van der Waals surface area contributed by atoms with E-state index in [0.29, 0.717) is 25.1 Å². The van der Waals surface area contributed by atoms with Gasteiger partial charge in [0, 0.05) is 19.3 Å². The standard InChI is InChI=1S/C31H39FN4O3S/c1-31(2,3)36-21-26(19-33-36)30(37)35-16-15-24-18-27(13-12-25(24)20-35)40(38,39)34-29-14-11-23(17-28(29)32)10-6-9-22-7-4-5-8-22/h11-14,17-19,21-22,34H,4-10,15-16,20H2,1-3H3. The molecule has 7 nitrogen and oxygen atoms in total. The Hall–Kier alpha value is -3.20. The van der Waals surface area contributed by atoms with Crippen LogP contribution in [0.2, 0.25) is 0 Å². The largest absolute Gasteiger partial charge is 0.334 e. The SMILES string of the molecule is CC(C)(C)n1cc(C(=O)N2CCc3cc(S(=O)(=O)Nc4ccc(CCCC5CCCC5)cc4F)ccc3C2)cn1. The van der Waals surface area contributed by atoms with Gasteiger partial charge in [-0.2, -0.15) is 5.10 Å². The summed E-state index contributed by atoms with van der Waals surface area (Å²) in [6, 6.07) is 9.65. The predicted octanol–water partition coefficient (Wildman–Crippen LogP) is 6.29. The third-order valence-corrected chi connectivity index (χ3v) is 9.50. The molecule has 2 aromatic carbocycles. The van der Waals surface area contributed by atoms with E-state index in [0.717, 1.165) is 35.4 Å². The molecule has 1 N–H and O–H groups in total. The molecule has 1 aliphatic carbocycles. The molecular formula is C31H39FN4O3S. The Morgan fingerprint density at radius 2 is 1.88 bits per heavy atom. The molecule has 0 saturated heterocycles. The molecule has 0 atom stereocenters. The van der Waals surface area contributed by atoms with Crippen LogP contribution in [0.4, 0.5) is 10.1 Å². The minimum absolute atomic E-state index is 0.0511. The number of carbonyl (C=O) groups is 1. The number of anilines is 1. The predicted molar refractivity (Wildman–Crippen MR) is 154 cm³/mol. The fourth-order valence-corrected chi connectivity index (χ4v) is 6.86. The van der Waals surface area contributed by atoms with Gasteiger partial charge < -0.3 is 4.90 Å². The van der Waals surface area contributed by atoms with E-state index in [-0.39, 0.29) is 22.0 Å². The Labute approximate surface area is 236 Å². The number of hydrogen-bond acceptors (Lipinski definition) is 4. The highest BCUT2D eigenvalue weighted by Gasteiger charge is 2.26. The maximum Gasteiger partial charge on any atom is 0.261 e. The van der Waals surface area contributed by atoms with E-state index < -0.39 is 15.8 Å². The number of halogens is 1. The van der Waals surface area contributed by atoms with E-state index in [9.17, 15) is 17.6 Å². The quantitative estimate of drug-likeness (QED) is 0.347. The zero-order chi connectivity index (χ0) is 28.5. The van der Waals surface area contributed by atoms with Gasteiger partial charge in [-0.15, -0.1) is 0 Å². The van der Waals surface area contributed by atoms with Crippen molar-refractivity contribution in [1.82, 2.24) is 14.7 Å². The molecule has 214 valence electrons. The van der Waals surface area contributed by atoms with Crippen molar-refractivity contribution in [2.75, 3.05) is 11.3 Å². The number of aryl methyl sites for hydroxylation is 1. The maximum absolute atomic E-state index is 14.9. The monoisotopic (exact) mass is 566 g/mol. The van der Waals surface area contributed by atoms with Crippen molar-refractivity contribution in [3.8, 4) is 0 Å². The number of nitrogens with zero attached hydrogens (tertiary/aromatic N) is 3. The van der Waals surface area contributed by atoms with Crippen LogP contribution >= 0.6 is 0 Å². The third-order valence-electron chi connectivity index (χ3n) is 8.13. The number of nitrogens with one attached hydrogen (secondary N) is 1. The van der Waals surface area contributed by atoms with Crippen LogP contribution in [-0.4, -0.2) is 35.6 Å². The zero-order valence-electron chi connectivity index (χ0n) is 23.6. The van der Waals surface area contributed by atoms with E-state index in [1.807, 2.05) is 20.8 Å². The summed E-state index contributed by atoms with van der Waals surface area (Å²) in [4.78, 5) is 14.9. The van der Waals surface area contributed by atoms with Gasteiger partial charge in [0.25, 0.3) is 15.9 Å². The van der Waals surface area contributed by atoms with Crippen molar-refractivity contribution in [2.24, 2.45) is 5.92 Å². The molecule has 1 aromatic heterocycles. The second-order valence-electron chi connectivity index (χ2n) is 12.2. The topological polar surface area (TPSA) is 84.3 Å². The summed E-state index contributed by atoms with van der Waals surface area (Å²) >= 11 is 0. The highest BCUT2D eigenvalue weighted by atomic mass is 32.2. The van der Waals surface area contributed by atoms with Crippen molar-refractivity contribution in [3.05, 3.63) is 76.9 Å². The molecule has 1 saturated carbocycles. The summed E-state index contributed by atoms with van der Waals surface area (Å²) in [7, 11) is -3.98. The smallest absolute Gasteiger partial charge is 0.261 e. The van der Waals surface area contributed by atoms with Gasteiger partial charge in [0.2, 0.25) is 0 Å². The first-order chi connectivity index (χ1) is 19.0.